The second-order valence-electron chi connectivity index (χ2n) is 5.12. The van der Waals surface area contributed by atoms with E-state index in [1.165, 1.54) is 4.90 Å². The molecule has 1 saturated heterocycles. The molecule has 5 heteroatoms. The van der Waals surface area contributed by atoms with Crippen LogP contribution in [0.3, 0.4) is 0 Å². The molecule has 0 radical (unpaired) electrons. The fourth-order valence-electron chi connectivity index (χ4n) is 2.58. The topological polar surface area (TPSA) is 72.6 Å². The third-order valence-electron chi connectivity index (χ3n) is 3.88. The van der Waals surface area contributed by atoms with Gasteiger partial charge in [0.2, 0.25) is 11.8 Å². The van der Waals surface area contributed by atoms with E-state index < -0.39 is 0 Å². The molecule has 0 bridgehead atoms. The van der Waals surface area contributed by atoms with Crippen LogP contribution in [0.1, 0.15) is 18.0 Å². The zero-order chi connectivity index (χ0) is 13.6. The molecule has 1 aromatic rings. The molecule has 0 aromatic heterocycles. The van der Waals surface area contributed by atoms with Crippen molar-refractivity contribution < 1.29 is 14.3 Å². The molecule has 2 aliphatic rings. The fourth-order valence-corrected chi connectivity index (χ4v) is 2.58. The van der Waals surface area contributed by atoms with Gasteiger partial charge in [0.15, 0.2) is 0 Å². The lowest BCUT2D eigenvalue weighted by Gasteiger charge is -2.21. The van der Waals surface area contributed by atoms with Crippen LogP contribution in [0.15, 0.2) is 24.3 Å². The number of ether oxygens (including phenoxy) is 1. The molecule has 1 heterocycles. The summed E-state index contributed by atoms with van der Waals surface area (Å²) in [5.41, 5.74) is 6.95. The number of likely N-dealkylation sites (tertiary alicyclic amines) is 1. The number of fused-ring (bicyclic) bond motifs is 1. The van der Waals surface area contributed by atoms with E-state index in [9.17, 15) is 9.59 Å². The van der Waals surface area contributed by atoms with Crippen molar-refractivity contribution in [3.05, 3.63) is 29.8 Å². The predicted octanol–water partition coefficient (Wildman–Crippen LogP) is 0.700. The SMILES string of the molecule is COc1ccc(C(N)CN2C(=O)C3CC3C2=O)cc1. The van der Waals surface area contributed by atoms with Gasteiger partial charge < -0.3 is 10.5 Å². The lowest BCUT2D eigenvalue weighted by molar-refractivity contribution is -0.141. The summed E-state index contributed by atoms with van der Waals surface area (Å²) in [5, 5.41) is 0. The molecule has 2 N–H and O–H groups in total. The van der Waals surface area contributed by atoms with Gasteiger partial charge in [0.1, 0.15) is 5.75 Å². The minimum Gasteiger partial charge on any atom is -0.497 e. The molecule has 1 aliphatic heterocycles. The van der Waals surface area contributed by atoms with Crippen molar-refractivity contribution in [2.24, 2.45) is 17.6 Å². The first-order valence-corrected chi connectivity index (χ1v) is 6.36. The highest BCUT2D eigenvalue weighted by atomic mass is 16.5. The number of carbonyl (C=O) groups is 2. The van der Waals surface area contributed by atoms with Gasteiger partial charge in [-0.05, 0) is 24.1 Å². The summed E-state index contributed by atoms with van der Waals surface area (Å²) >= 11 is 0. The molecule has 1 aromatic carbocycles. The highest BCUT2D eigenvalue weighted by Crippen LogP contribution is 2.47. The first-order valence-electron chi connectivity index (χ1n) is 6.36. The molecule has 0 spiro atoms. The van der Waals surface area contributed by atoms with E-state index in [0.717, 1.165) is 17.7 Å². The van der Waals surface area contributed by atoms with Gasteiger partial charge in [0.25, 0.3) is 0 Å². The van der Waals surface area contributed by atoms with Crippen LogP contribution in [-0.4, -0.2) is 30.4 Å². The van der Waals surface area contributed by atoms with Crippen LogP contribution in [0.25, 0.3) is 0 Å². The number of nitrogens with two attached hydrogens (primary N) is 1. The van der Waals surface area contributed by atoms with Crippen LogP contribution in [-0.2, 0) is 9.59 Å². The number of methoxy groups -OCH3 is 1. The van der Waals surface area contributed by atoms with Gasteiger partial charge in [0, 0.05) is 12.6 Å². The Hall–Kier alpha value is -1.88. The van der Waals surface area contributed by atoms with Gasteiger partial charge in [0.05, 0.1) is 18.9 Å². The van der Waals surface area contributed by atoms with Crippen LogP contribution in [0.4, 0.5) is 0 Å². The van der Waals surface area contributed by atoms with Gasteiger partial charge in [-0.1, -0.05) is 12.1 Å². The van der Waals surface area contributed by atoms with Crippen molar-refractivity contribution in [2.75, 3.05) is 13.7 Å². The molecular formula is C14H16N2O3. The molecule has 3 rings (SSSR count). The van der Waals surface area contributed by atoms with Crippen LogP contribution in [0.2, 0.25) is 0 Å². The molecule has 1 saturated carbocycles. The van der Waals surface area contributed by atoms with Gasteiger partial charge in [-0.2, -0.15) is 0 Å². The highest BCUT2D eigenvalue weighted by Gasteiger charge is 2.58. The van der Waals surface area contributed by atoms with E-state index in [2.05, 4.69) is 0 Å². The standard InChI is InChI=1S/C14H16N2O3/c1-19-9-4-2-8(3-5-9)12(15)7-16-13(17)10-6-11(10)14(16)18/h2-5,10-12H,6-7,15H2,1H3. The molecule has 1 aliphatic carbocycles. The molecule has 2 amide bonds. The Morgan fingerprint density at radius 2 is 1.84 bits per heavy atom. The summed E-state index contributed by atoms with van der Waals surface area (Å²) in [5.74, 6) is 0.523. The zero-order valence-corrected chi connectivity index (χ0v) is 10.7. The number of rotatable bonds is 4. The number of imide groups is 1. The average Bonchev–Trinajstić information content (AvgIpc) is 3.19. The van der Waals surface area contributed by atoms with E-state index in [0.29, 0.717) is 0 Å². The first-order chi connectivity index (χ1) is 9.11. The van der Waals surface area contributed by atoms with Crippen molar-refractivity contribution in [3.8, 4) is 5.75 Å². The number of benzene rings is 1. The van der Waals surface area contributed by atoms with E-state index in [-0.39, 0.29) is 36.2 Å². The maximum Gasteiger partial charge on any atom is 0.233 e. The average molecular weight is 260 g/mol. The van der Waals surface area contributed by atoms with E-state index >= 15 is 0 Å². The minimum atomic E-state index is -0.351. The quantitative estimate of drug-likeness (QED) is 0.809. The molecule has 3 atom stereocenters. The Kier molecular flexibility index (Phi) is 2.78. The molecular weight excluding hydrogens is 244 g/mol. The number of piperidine rings is 1. The van der Waals surface area contributed by atoms with E-state index in [4.69, 9.17) is 10.5 Å². The minimum absolute atomic E-state index is 0.0565. The van der Waals surface area contributed by atoms with Crippen molar-refractivity contribution in [1.29, 1.82) is 0 Å². The third-order valence-corrected chi connectivity index (χ3v) is 3.88. The number of carbonyl (C=O) groups excluding carboxylic acids is 2. The summed E-state index contributed by atoms with van der Waals surface area (Å²) in [6, 6.07) is 7.00. The zero-order valence-electron chi connectivity index (χ0n) is 10.7. The number of nitrogens with zero attached hydrogens (tertiary/aromatic N) is 1. The maximum atomic E-state index is 11.9. The van der Waals surface area contributed by atoms with Gasteiger partial charge in [-0.3, -0.25) is 14.5 Å². The summed E-state index contributed by atoms with van der Waals surface area (Å²) in [6.07, 6.45) is 0.728. The monoisotopic (exact) mass is 260 g/mol. The molecule has 100 valence electrons. The summed E-state index contributed by atoms with van der Waals surface area (Å²) in [7, 11) is 1.60. The lowest BCUT2D eigenvalue weighted by atomic mass is 10.1. The largest absolute Gasteiger partial charge is 0.497 e. The fraction of sp³-hybridized carbons (Fsp3) is 0.429. The molecule has 5 nitrogen and oxygen atoms in total. The van der Waals surface area contributed by atoms with E-state index in [1.54, 1.807) is 7.11 Å². The number of hydrogen-bond acceptors (Lipinski definition) is 4. The Morgan fingerprint density at radius 1 is 1.26 bits per heavy atom. The highest BCUT2D eigenvalue weighted by molar-refractivity contribution is 6.08. The summed E-state index contributed by atoms with van der Waals surface area (Å²) in [6.45, 7) is 0.261. The van der Waals surface area contributed by atoms with Crippen molar-refractivity contribution in [3.63, 3.8) is 0 Å². The van der Waals surface area contributed by atoms with Crippen LogP contribution in [0.5, 0.6) is 5.75 Å². The van der Waals surface area contributed by atoms with Crippen molar-refractivity contribution in [2.45, 2.75) is 12.5 Å². The van der Waals surface area contributed by atoms with Crippen LogP contribution >= 0.6 is 0 Å². The third kappa shape index (κ3) is 2.00. The Balaban J connectivity index is 1.69. The maximum absolute atomic E-state index is 11.9. The lowest BCUT2D eigenvalue weighted by Crippen LogP contribution is -2.38. The second-order valence-corrected chi connectivity index (χ2v) is 5.12. The van der Waals surface area contributed by atoms with Crippen molar-refractivity contribution in [1.82, 2.24) is 4.90 Å². The van der Waals surface area contributed by atoms with Crippen LogP contribution < -0.4 is 10.5 Å². The molecule has 2 fully saturated rings. The Labute approximate surface area is 111 Å². The Morgan fingerprint density at radius 3 is 2.37 bits per heavy atom. The van der Waals surface area contributed by atoms with Crippen molar-refractivity contribution >= 4 is 11.8 Å². The second kappa shape index (κ2) is 4.35. The molecule has 19 heavy (non-hydrogen) atoms. The molecule has 3 unspecified atom stereocenters. The van der Waals surface area contributed by atoms with Crippen LogP contribution in [0, 0.1) is 11.8 Å². The Bertz CT molecular complexity index is 506. The van der Waals surface area contributed by atoms with Gasteiger partial charge >= 0.3 is 0 Å². The van der Waals surface area contributed by atoms with Gasteiger partial charge in [-0.15, -0.1) is 0 Å². The normalized spacial score (nSPS) is 26.3. The predicted molar refractivity (Wildman–Crippen MR) is 68.2 cm³/mol. The summed E-state index contributed by atoms with van der Waals surface area (Å²) < 4.78 is 5.08. The number of amides is 2. The first kappa shape index (κ1) is 12.2. The summed E-state index contributed by atoms with van der Waals surface area (Å²) in [4.78, 5) is 25.0. The van der Waals surface area contributed by atoms with Gasteiger partial charge in [-0.25, -0.2) is 0 Å². The van der Waals surface area contributed by atoms with E-state index in [1.807, 2.05) is 24.3 Å². The smallest absolute Gasteiger partial charge is 0.233 e. The number of hydrogen-bond donors (Lipinski definition) is 1.